The molecule has 3 rings (SSSR count). The SMILES string of the molecule is CCCCCC1(C2CCCC2)C2CCC21. The molecule has 0 aromatic heterocycles. The van der Waals surface area contributed by atoms with Gasteiger partial charge in [-0.1, -0.05) is 39.0 Å². The van der Waals surface area contributed by atoms with Crippen LogP contribution in [0.15, 0.2) is 0 Å². The molecule has 0 aliphatic heterocycles. The van der Waals surface area contributed by atoms with E-state index in [0.717, 1.165) is 11.3 Å². The maximum absolute atomic E-state index is 2.34. The average molecular weight is 206 g/mol. The second-order valence-electron chi connectivity index (χ2n) is 6.34. The minimum Gasteiger partial charge on any atom is -0.0654 e. The summed E-state index contributed by atoms with van der Waals surface area (Å²) < 4.78 is 0. The van der Waals surface area contributed by atoms with Crippen molar-refractivity contribution in [3.8, 4) is 0 Å². The Kier molecular flexibility index (Phi) is 2.57. The zero-order valence-electron chi connectivity index (χ0n) is 10.3. The van der Waals surface area contributed by atoms with Gasteiger partial charge >= 0.3 is 0 Å². The van der Waals surface area contributed by atoms with Gasteiger partial charge in [0.1, 0.15) is 0 Å². The van der Waals surface area contributed by atoms with E-state index < -0.39 is 0 Å². The van der Waals surface area contributed by atoms with Crippen LogP contribution in [0.3, 0.4) is 0 Å². The molecule has 3 saturated carbocycles. The minimum absolute atomic E-state index is 0.908. The topological polar surface area (TPSA) is 0 Å². The van der Waals surface area contributed by atoms with E-state index in [1.54, 1.807) is 44.9 Å². The van der Waals surface area contributed by atoms with Crippen LogP contribution in [-0.2, 0) is 0 Å². The van der Waals surface area contributed by atoms with Crippen molar-refractivity contribution < 1.29 is 0 Å². The first-order valence-electron chi connectivity index (χ1n) is 7.39. The summed E-state index contributed by atoms with van der Waals surface area (Å²) in [7, 11) is 0. The number of unbranched alkanes of at least 4 members (excludes halogenated alkanes) is 2. The molecule has 15 heavy (non-hydrogen) atoms. The summed E-state index contributed by atoms with van der Waals surface area (Å²) in [6.07, 6.45) is 15.4. The fourth-order valence-corrected chi connectivity index (χ4v) is 4.99. The number of rotatable bonds is 5. The zero-order valence-corrected chi connectivity index (χ0v) is 10.3. The molecule has 0 heterocycles. The van der Waals surface area contributed by atoms with Gasteiger partial charge in [-0.05, 0) is 55.3 Å². The number of hydrogen-bond acceptors (Lipinski definition) is 0. The van der Waals surface area contributed by atoms with E-state index >= 15 is 0 Å². The standard InChI is InChI=1S/C15H26/c1-2-3-6-11-15(12-7-4-5-8-12)13-9-10-14(13)15/h12-14H,2-11H2,1H3. The van der Waals surface area contributed by atoms with Crippen LogP contribution in [0, 0.1) is 23.2 Å². The molecule has 0 radical (unpaired) electrons. The van der Waals surface area contributed by atoms with Gasteiger partial charge < -0.3 is 0 Å². The lowest BCUT2D eigenvalue weighted by Crippen LogP contribution is -2.15. The van der Waals surface area contributed by atoms with Crippen LogP contribution >= 0.6 is 0 Å². The Bertz CT molecular complexity index is 214. The first kappa shape index (κ1) is 10.2. The predicted molar refractivity (Wildman–Crippen MR) is 64.7 cm³/mol. The van der Waals surface area contributed by atoms with Gasteiger partial charge in [-0.2, -0.15) is 0 Å². The summed E-state index contributed by atoms with van der Waals surface area (Å²) in [4.78, 5) is 0. The van der Waals surface area contributed by atoms with E-state index in [0.29, 0.717) is 0 Å². The zero-order chi connectivity index (χ0) is 10.3. The Morgan fingerprint density at radius 2 is 1.60 bits per heavy atom. The van der Waals surface area contributed by atoms with Crippen LogP contribution in [0.2, 0.25) is 0 Å². The highest BCUT2D eigenvalue weighted by Crippen LogP contribution is 2.77. The molecular weight excluding hydrogens is 180 g/mol. The second kappa shape index (κ2) is 3.79. The van der Waals surface area contributed by atoms with Gasteiger partial charge in [0.15, 0.2) is 0 Å². The summed E-state index contributed by atoms with van der Waals surface area (Å²) in [6, 6.07) is 0. The lowest BCUT2D eigenvalue weighted by Gasteiger charge is -2.24. The van der Waals surface area contributed by atoms with Crippen molar-refractivity contribution in [1.29, 1.82) is 0 Å². The monoisotopic (exact) mass is 206 g/mol. The van der Waals surface area contributed by atoms with E-state index in [1.807, 2.05) is 0 Å². The quantitative estimate of drug-likeness (QED) is 0.568. The van der Waals surface area contributed by atoms with Gasteiger partial charge in [-0.25, -0.2) is 0 Å². The third-order valence-corrected chi connectivity index (χ3v) is 5.87. The molecule has 2 atom stereocenters. The lowest BCUT2D eigenvalue weighted by molar-refractivity contribution is 0.257. The lowest BCUT2D eigenvalue weighted by atomic mass is 9.81. The third kappa shape index (κ3) is 1.40. The third-order valence-electron chi connectivity index (χ3n) is 5.87. The molecule has 0 amide bonds. The Morgan fingerprint density at radius 1 is 0.933 bits per heavy atom. The molecule has 0 bridgehead atoms. The van der Waals surface area contributed by atoms with Crippen LogP contribution in [0.1, 0.15) is 71.1 Å². The smallest absolute Gasteiger partial charge is 0.0207 e. The summed E-state index contributed by atoms with van der Waals surface area (Å²) >= 11 is 0. The van der Waals surface area contributed by atoms with Crippen LogP contribution in [0.5, 0.6) is 0 Å². The van der Waals surface area contributed by atoms with E-state index in [-0.39, 0.29) is 0 Å². The molecule has 3 aliphatic carbocycles. The Morgan fingerprint density at radius 3 is 2.13 bits per heavy atom. The van der Waals surface area contributed by atoms with Crippen LogP contribution in [0.25, 0.3) is 0 Å². The van der Waals surface area contributed by atoms with Gasteiger partial charge in [0.25, 0.3) is 0 Å². The molecule has 2 unspecified atom stereocenters. The molecule has 0 N–H and O–H groups in total. The molecule has 0 aromatic carbocycles. The highest BCUT2D eigenvalue weighted by atomic mass is 14.7. The highest BCUT2D eigenvalue weighted by molar-refractivity contribution is 5.19. The largest absolute Gasteiger partial charge is 0.0654 e. The van der Waals surface area contributed by atoms with Gasteiger partial charge in [-0.15, -0.1) is 0 Å². The fourth-order valence-electron chi connectivity index (χ4n) is 4.99. The number of fused-ring (bicyclic) bond motifs is 1. The maximum atomic E-state index is 2.34. The second-order valence-corrected chi connectivity index (χ2v) is 6.34. The van der Waals surface area contributed by atoms with Crippen molar-refractivity contribution in [2.45, 2.75) is 71.1 Å². The summed E-state index contributed by atoms with van der Waals surface area (Å²) in [5.74, 6) is 3.57. The Balaban J connectivity index is 1.62. The van der Waals surface area contributed by atoms with Crippen molar-refractivity contribution in [3.05, 3.63) is 0 Å². The molecule has 0 spiro atoms. The van der Waals surface area contributed by atoms with Gasteiger partial charge in [-0.3, -0.25) is 0 Å². The predicted octanol–water partition coefficient (Wildman–Crippen LogP) is 4.78. The normalized spacial score (nSPS) is 43.8. The highest BCUT2D eigenvalue weighted by Gasteiger charge is 2.70. The van der Waals surface area contributed by atoms with E-state index in [4.69, 9.17) is 0 Å². The Labute approximate surface area is 94.8 Å². The van der Waals surface area contributed by atoms with Gasteiger partial charge in [0.05, 0.1) is 0 Å². The summed E-state index contributed by atoms with van der Waals surface area (Å²) in [5, 5.41) is 0. The molecule has 0 heteroatoms. The molecular formula is C15H26. The van der Waals surface area contributed by atoms with Crippen molar-refractivity contribution in [2.75, 3.05) is 0 Å². The van der Waals surface area contributed by atoms with Crippen LogP contribution in [0.4, 0.5) is 0 Å². The van der Waals surface area contributed by atoms with Crippen LogP contribution < -0.4 is 0 Å². The molecule has 0 aromatic rings. The minimum atomic E-state index is 0.908. The molecule has 3 aliphatic rings. The first-order valence-corrected chi connectivity index (χ1v) is 7.39. The Hall–Kier alpha value is 0. The molecule has 86 valence electrons. The van der Waals surface area contributed by atoms with E-state index in [1.165, 1.54) is 31.1 Å². The molecule has 0 saturated heterocycles. The fraction of sp³-hybridized carbons (Fsp3) is 1.00. The molecule has 0 nitrogen and oxygen atoms in total. The van der Waals surface area contributed by atoms with Crippen molar-refractivity contribution in [3.63, 3.8) is 0 Å². The van der Waals surface area contributed by atoms with Gasteiger partial charge in [0, 0.05) is 0 Å². The van der Waals surface area contributed by atoms with Crippen molar-refractivity contribution in [1.82, 2.24) is 0 Å². The molecule has 3 fully saturated rings. The average Bonchev–Trinajstić information content (AvgIpc) is 2.60. The summed E-state index contributed by atoms with van der Waals surface area (Å²) in [5.41, 5.74) is 0.908. The first-order chi connectivity index (χ1) is 7.39. The number of hydrogen-bond donors (Lipinski definition) is 0. The van der Waals surface area contributed by atoms with Crippen molar-refractivity contribution in [2.24, 2.45) is 23.2 Å². The van der Waals surface area contributed by atoms with Crippen LogP contribution in [-0.4, -0.2) is 0 Å². The van der Waals surface area contributed by atoms with Gasteiger partial charge in [0.2, 0.25) is 0 Å². The summed E-state index contributed by atoms with van der Waals surface area (Å²) in [6.45, 7) is 2.34. The van der Waals surface area contributed by atoms with Crippen molar-refractivity contribution >= 4 is 0 Å². The maximum Gasteiger partial charge on any atom is -0.0207 e. The van der Waals surface area contributed by atoms with E-state index in [2.05, 4.69) is 6.92 Å². The van der Waals surface area contributed by atoms with E-state index in [9.17, 15) is 0 Å².